The van der Waals surface area contributed by atoms with Gasteiger partial charge in [0.2, 0.25) is 11.6 Å². The summed E-state index contributed by atoms with van der Waals surface area (Å²) in [6.07, 6.45) is 0.761. The Morgan fingerprint density at radius 3 is 2.21 bits per heavy atom. The second kappa shape index (κ2) is 15.2. The van der Waals surface area contributed by atoms with Gasteiger partial charge in [-0.1, -0.05) is 37.6 Å². The van der Waals surface area contributed by atoms with Gasteiger partial charge in [-0.3, -0.25) is 4.79 Å². The van der Waals surface area contributed by atoms with Gasteiger partial charge in [0.25, 0.3) is 0 Å². The Balaban J connectivity index is 1.30. The number of pyridine rings is 1. The Bertz CT molecular complexity index is 1240. The molecule has 0 amide bonds. The molecule has 0 aliphatic rings. The first-order chi connectivity index (χ1) is 18.4. The molecule has 0 radical (unpaired) electrons. The molecule has 38 heavy (non-hydrogen) atoms. The van der Waals surface area contributed by atoms with E-state index in [0.29, 0.717) is 57.7 Å². The van der Waals surface area contributed by atoms with Crippen molar-refractivity contribution in [2.75, 3.05) is 52.9 Å². The standard InChI is InChI=1S/C29H37NO8/c1-5-21(3)28(31)37-17-15-35-13-11-33-10-12-34-14-16-36-26-9-8-23-19-25(29(32)38-27(23)30-26)24-18-20(2)6-7-22(24)4/h6-9,18-19,21H,5,10-17H2,1-4H3. The first kappa shape index (κ1) is 29.3. The van der Waals surface area contributed by atoms with Gasteiger partial charge in [0, 0.05) is 11.5 Å². The second-order valence-corrected chi connectivity index (χ2v) is 8.97. The van der Waals surface area contributed by atoms with Crippen molar-refractivity contribution in [1.29, 1.82) is 0 Å². The number of ether oxygens (including phenoxy) is 5. The molecule has 0 saturated heterocycles. The van der Waals surface area contributed by atoms with Gasteiger partial charge in [-0.05, 0) is 43.5 Å². The molecule has 0 aliphatic carbocycles. The van der Waals surface area contributed by atoms with E-state index in [1.807, 2.05) is 52.0 Å². The zero-order chi connectivity index (χ0) is 27.3. The second-order valence-electron chi connectivity index (χ2n) is 8.97. The van der Waals surface area contributed by atoms with Crippen molar-refractivity contribution in [2.24, 2.45) is 5.92 Å². The van der Waals surface area contributed by atoms with Crippen molar-refractivity contribution in [1.82, 2.24) is 4.98 Å². The van der Waals surface area contributed by atoms with Crippen LogP contribution < -0.4 is 10.4 Å². The monoisotopic (exact) mass is 527 g/mol. The van der Waals surface area contributed by atoms with Crippen LogP contribution >= 0.6 is 0 Å². The van der Waals surface area contributed by atoms with Crippen LogP contribution in [0.25, 0.3) is 22.2 Å². The van der Waals surface area contributed by atoms with E-state index in [9.17, 15) is 9.59 Å². The maximum absolute atomic E-state index is 12.6. The van der Waals surface area contributed by atoms with Crippen molar-refractivity contribution in [3.8, 4) is 17.0 Å². The lowest BCUT2D eigenvalue weighted by Gasteiger charge is -2.10. The molecular weight excluding hydrogens is 490 g/mol. The Labute approximate surface area is 223 Å². The first-order valence-corrected chi connectivity index (χ1v) is 12.9. The normalized spacial score (nSPS) is 12.0. The summed E-state index contributed by atoms with van der Waals surface area (Å²) in [5, 5.41) is 0.720. The van der Waals surface area contributed by atoms with Crippen LogP contribution in [-0.4, -0.2) is 63.8 Å². The van der Waals surface area contributed by atoms with Gasteiger partial charge >= 0.3 is 11.6 Å². The van der Waals surface area contributed by atoms with Crippen molar-refractivity contribution < 1.29 is 32.9 Å². The van der Waals surface area contributed by atoms with E-state index in [-0.39, 0.29) is 24.2 Å². The van der Waals surface area contributed by atoms with Gasteiger partial charge in [-0.15, -0.1) is 0 Å². The summed E-state index contributed by atoms with van der Waals surface area (Å²) in [4.78, 5) is 28.5. The molecule has 0 spiro atoms. The molecule has 2 aromatic heterocycles. The van der Waals surface area contributed by atoms with Crippen molar-refractivity contribution >= 4 is 17.1 Å². The largest absolute Gasteiger partial charge is 0.475 e. The Kier molecular flexibility index (Phi) is 11.7. The Morgan fingerprint density at radius 1 is 0.868 bits per heavy atom. The van der Waals surface area contributed by atoms with Crippen LogP contribution in [0.5, 0.6) is 5.88 Å². The molecule has 1 unspecified atom stereocenters. The summed E-state index contributed by atoms with van der Waals surface area (Å²) < 4.78 is 32.5. The predicted molar refractivity (Wildman–Crippen MR) is 144 cm³/mol. The molecule has 9 heteroatoms. The quantitative estimate of drug-likeness (QED) is 0.197. The minimum absolute atomic E-state index is 0.0855. The molecule has 0 fully saturated rings. The number of aromatic nitrogens is 1. The van der Waals surface area contributed by atoms with Gasteiger partial charge in [0.05, 0.1) is 51.1 Å². The first-order valence-electron chi connectivity index (χ1n) is 12.9. The van der Waals surface area contributed by atoms with Gasteiger partial charge in [0.15, 0.2) is 0 Å². The number of nitrogens with zero attached hydrogens (tertiary/aromatic N) is 1. The number of hydrogen-bond acceptors (Lipinski definition) is 9. The number of aryl methyl sites for hydroxylation is 2. The van der Waals surface area contributed by atoms with E-state index in [0.717, 1.165) is 28.5 Å². The van der Waals surface area contributed by atoms with E-state index >= 15 is 0 Å². The lowest BCUT2D eigenvalue weighted by molar-refractivity contribution is -0.149. The fraction of sp³-hybridized carbons (Fsp3) is 0.483. The number of carbonyl (C=O) groups is 1. The number of esters is 1. The molecule has 206 valence electrons. The van der Waals surface area contributed by atoms with Crippen LogP contribution in [0.4, 0.5) is 0 Å². The average molecular weight is 528 g/mol. The zero-order valence-corrected chi connectivity index (χ0v) is 22.6. The van der Waals surface area contributed by atoms with E-state index in [1.54, 1.807) is 12.1 Å². The van der Waals surface area contributed by atoms with Crippen LogP contribution in [0.1, 0.15) is 31.4 Å². The molecule has 0 saturated carbocycles. The van der Waals surface area contributed by atoms with Gasteiger partial charge in [-0.2, -0.15) is 4.98 Å². The Hall–Kier alpha value is -3.27. The van der Waals surface area contributed by atoms with Gasteiger partial charge in [0.1, 0.15) is 13.2 Å². The van der Waals surface area contributed by atoms with Crippen LogP contribution in [0, 0.1) is 19.8 Å². The maximum Gasteiger partial charge on any atom is 0.345 e. The number of hydrogen-bond donors (Lipinski definition) is 0. The number of carbonyl (C=O) groups excluding carboxylic acids is 1. The van der Waals surface area contributed by atoms with E-state index in [4.69, 9.17) is 28.1 Å². The minimum Gasteiger partial charge on any atom is -0.475 e. The number of benzene rings is 1. The van der Waals surface area contributed by atoms with Crippen LogP contribution in [-0.2, 0) is 23.7 Å². The van der Waals surface area contributed by atoms with Gasteiger partial charge < -0.3 is 28.1 Å². The fourth-order valence-electron chi connectivity index (χ4n) is 3.53. The SMILES string of the molecule is CCC(C)C(=O)OCCOCCOCCOCCOc1ccc2cc(-c3cc(C)ccc3C)c(=O)oc2n1. The molecular formula is C29H37NO8. The highest BCUT2D eigenvalue weighted by Crippen LogP contribution is 2.25. The summed E-state index contributed by atoms with van der Waals surface area (Å²) in [5.74, 6) is 0.0729. The summed E-state index contributed by atoms with van der Waals surface area (Å²) >= 11 is 0. The molecule has 3 aromatic rings. The molecule has 1 atom stereocenters. The van der Waals surface area contributed by atoms with Crippen molar-refractivity contribution in [3.63, 3.8) is 0 Å². The third-order valence-electron chi connectivity index (χ3n) is 5.96. The van der Waals surface area contributed by atoms with E-state index in [2.05, 4.69) is 4.98 Å². The van der Waals surface area contributed by atoms with Crippen LogP contribution in [0.3, 0.4) is 0 Å². The Morgan fingerprint density at radius 2 is 1.53 bits per heavy atom. The third kappa shape index (κ3) is 8.93. The molecule has 9 nitrogen and oxygen atoms in total. The van der Waals surface area contributed by atoms with E-state index in [1.165, 1.54) is 0 Å². The van der Waals surface area contributed by atoms with Crippen LogP contribution in [0.15, 0.2) is 45.6 Å². The van der Waals surface area contributed by atoms with E-state index < -0.39 is 5.63 Å². The topological polar surface area (TPSA) is 106 Å². The molecule has 3 rings (SSSR count). The molecule has 2 heterocycles. The van der Waals surface area contributed by atoms with Crippen molar-refractivity contribution in [2.45, 2.75) is 34.1 Å². The number of fused-ring (bicyclic) bond motifs is 1. The lowest BCUT2D eigenvalue weighted by Crippen LogP contribution is -2.18. The third-order valence-corrected chi connectivity index (χ3v) is 5.96. The predicted octanol–water partition coefficient (Wildman–Crippen LogP) is 4.49. The summed E-state index contributed by atoms with van der Waals surface area (Å²) in [6, 6.07) is 11.3. The molecule has 0 N–H and O–H groups in total. The van der Waals surface area contributed by atoms with Gasteiger partial charge in [-0.25, -0.2) is 4.79 Å². The van der Waals surface area contributed by atoms with Crippen LogP contribution in [0.2, 0.25) is 0 Å². The minimum atomic E-state index is -0.436. The molecule has 1 aromatic carbocycles. The number of rotatable bonds is 16. The molecule has 0 aliphatic heterocycles. The zero-order valence-electron chi connectivity index (χ0n) is 22.6. The maximum atomic E-state index is 12.6. The highest BCUT2D eigenvalue weighted by molar-refractivity contribution is 5.80. The van der Waals surface area contributed by atoms with Crippen molar-refractivity contribution in [3.05, 3.63) is 57.9 Å². The summed E-state index contributed by atoms with van der Waals surface area (Å²) in [7, 11) is 0. The fourth-order valence-corrected chi connectivity index (χ4v) is 3.53. The average Bonchev–Trinajstić information content (AvgIpc) is 2.91. The summed E-state index contributed by atoms with van der Waals surface area (Å²) in [5.41, 5.74) is 3.24. The highest BCUT2D eigenvalue weighted by atomic mass is 16.6. The smallest absolute Gasteiger partial charge is 0.345 e. The molecule has 0 bridgehead atoms. The summed E-state index contributed by atoms with van der Waals surface area (Å²) in [6.45, 7) is 10.7. The highest BCUT2D eigenvalue weighted by Gasteiger charge is 2.13. The lowest BCUT2D eigenvalue weighted by atomic mass is 9.99.